The summed E-state index contributed by atoms with van der Waals surface area (Å²) in [5.74, 6) is 1.79. The first kappa shape index (κ1) is 17.0. The van der Waals surface area contributed by atoms with Crippen molar-refractivity contribution in [3.63, 3.8) is 0 Å². The van der Waals surface area contributed by atoms with Crippen LogP contribution in [-0.2, 0) is 9.09 Å². The van der Waals surface area contributed by atoms with E-state index < -0.39 is 7.37 Å². The molecule has 1 rings (SSSR count). The third kappa shape index (κ3) is 8.65. The fraction of sp³-hybridized carbons (Fsp3) is 0.875. The molecule has 2 nitrogen and oxygen atoms in total. The lowest BCUT2D eigenvalue weighted by Gasteiger charge is -2.10. The fourth-order valence-corrected chi connectivity index (χ4v) is 4.26. The second kappa shape index (κ2) is 10.7. The Morgan fingerprint density at radius 2 is 1.53 bits per heavy atom. The van der Waals surface area contributed by atoms with Gasteiger partial charge in [0.15, 0.2) is 0 Å². The highest BCUT2D eigenvalue weighted by atomic mass is 31.2. The van der Waals surface area contributed by atoms with E-state index in [2.05, 4.69) is 6.92 Å². The minimum absolute atomic E-state index is 0.679. The van der Waals surface area contributed by atoms with E-state index in [1.54, 1.807) is 5.82 Å². The molecule has 19 heavy (non-hydrogen) atoms. The average molecular weight is 286 g/mol. The molecular formula is C16H31O2P. The molecule has 1 unspecified atom stereocenters. The first-order valence-electron chi connectivity index (χ1n) is 8.18. The molecule has 1 heterocycles. The van der Waals surface area contributed by atoms with E-state index in [1.165, 1.54) is 57.8 Å². The van der Waals surface area contributed by atoms with Gasteiger partial charge in [0.25, 0.3) is 0 Å². The third-order valence-electron chi connectivity index (χ3n) is 3.75. The van der Waals surface area contributed by atoms with Crippen molar-refractivity contribution in [3.8, 4) is 0 Å². The number of hydrogen-bond acceptors (Lipinski definition) is 2. The van der Waals surface area contributed by atoms with Crippen LogP contribution in [0.25, 0.3) is 0 Å². The predicted octanol–water partition coefficient (Wildman–Crippen LogP) is 6.12. The van der Waals surface area contributed by atoms with Gasteiger partial charge in [-0.1, -0.05) is 70.8 Å². The van der Waals surface area contributed by atoms with Gasteiger partial charge in [0.2, 0.25) is 7.37 Å². The van der Waals surface area contributed by atoms with Gasteiger partial charge >= 0.3 is 0 Å². The zero-order chi connectivity index (χ0) is 13.8. The van der Waals surface area contributed by atoms with Crippen LogP contribution in [0.5, 0.6) is 0 Å². The van der Waals surface area contributed by atoms with Crippen LogP contribution >= 0.6 is 7.37 Å². The lowest BCUT2D eigenvalue weighted by atomic mass is 10.1. The van der Waals surface area contributed by atoms with Gasteiger partial charge in [-0.25, -0.2) is 0 Å². The molecule has 1 atom stereocenters. The Labute approximate surface area is 119 Å². The monoisotopic (exact) mass is 286 g/mol. The second-order valence-corrected chi connectivity index (χ2v) is 8.09. The van der Waals surface area contributed by atoms with E-state index in [1.807, 2.05) is 6.08 Å². The van der Waals surface area contributed by atoms with Crippen LogP contribution in [0.2, 0.25) is 0 Å². The molecule has 0 amide bonds. The molecule has 0 saturated heterocycles. The zero-order valence-electron chi connectivity index (χ0n) is 12.6. The van der Waals surface area contributed by atoms with Crippen molar-refractivity contribution < 1.29 is 9.09 Å². The Hall–Kier alpha value is -0.0700. The first-order chi connectivity index (χ1) is 9.27. The summed E-state index contributed by atoms with van der Waals surface area (Å²) in [6.45, 7) is 2.94. The maximum atomic E-state index is 12.0. The molecule has 0 bridgehead atoms. The maximum absolute atomic E-state index is 12.0. The maximum Gasteiger partial charge on any atom is 0.225 e. The summed E-state index contributed by atoms with van der Waals surface area (Å²) in [5.41, 5.74) is 0. The largest absolute Gasteiger partial charge is 0.326 e. The molecule has 3 heteroatoms. The standard InChI is InChI=1S/C16H31O2P/c1-2-3-4-5-6-7-8-9-10-11-14-18-19(17)15-12-13-16-19/h12,15H,2-11,13-14,16H2,1H3. The molecule has 0 saturated carbocycles. The van der Waals surface area contributed by atoms with Crippen molar-refractivity contribution >= 4 is 7.37 Å². The van der Waals surface area contributed by atoms with Gasteiger partial charge < -0.3 is 4.52 Å². The molecule has 0 aromatic rings. The lowest BCUT2D eigenvalue weighted by Crippen LogP contribution is -1.93. The van der Waals surface area contributed by atoms with Gasteiger partial charge in [0.1, 0.15) is 0 Å². The fourth-order valence-electron chi connectivity index (χ4n) is 2.48. The quantitative estimate of drug-likeness (QED) is 0.319. The molecule has 0 radical (unpaired) electrons. The summed E-state index contributed by atoms with van der Waals surface area (Å²) in [4.78, 5) is 0. The normalized spacial score (nSPS) is 22.2. The lowest BCUT2D eigenvalue weighted by molar-refractivity contribution is 0.308. The van der Waals surface area contributed by atoms with Crippen LogP contribution in [0.15, 0.2) is 11.9 Å². The Bertz CT molecular complexity index is 286. The van der Waals surface area contributed by atoms with Gasteiger partial charge in [-0.05, 0) is 18.7 Å². The van der Waals surface area contributed by atoms with Crippen molar-refractivity contribution in [2.75, 3.05) is 12.8 Å². The van der Waals surface area contributed by atoms with E-state index in [0.29, 0.717) is 6.61 Å². The van der Waals surface area contributed by atoms with Crippen LogP contribution in [-0.4, -0.2) is 12.8 Å². The van der Waals surface area contributed by atoms with Crippen LogP contribution in [0.1, 0.15) is 77.6 Å². The molecule has 0 aliphatic carbocycles. The van der Waals surface area contributed by atoms with E-state index in [0.717, 1.165) is 19.0 Å². The van der Waals surface area contributed by atoms with Crippen LogP contribution < -0.4 is 0 Å². The molecule has 0 fully saturated rings. The average Bonchev–Trinajstić information content (AvgIpc) is 2.83. The summed E-state index contributed by atoms with van der Waals surface area (Å²) in [7, 11) is -2.33. The first-order valence-corrected chi connectivity index (χ1v) is 10.1. The number of unbranched alkanes of at least 4 members (excludes halogenated alkanes) is 9. The van der Waals surface area contributed by atoms with Gasteiger partial charge in [-0.3, -0.25) is 4.57 Å². The minimum Gasteiger partial charge on any atom is -0.326 e. The van der Waals surface area contributed by atoms with Crippen molar-refractivity contribution in [1.82, 2.24) is 0 Å². The molecule has 0 N–H and O–H groups in total. The highest BCUT2D eigenvalue weighted by Crippen LogP contribution is 2.52. The Balaban J connectivity index is 1.79. The molecule has 1 aliphatic rings. The summed E-state index contributed by atoms with van der Waals surface area (Å²) >= 11 is 0. The predicted molar refractivity (Wildman–Crippen MR) is 84.0 cm³/mol. The summed E-state index contributed by atoms with van der Waals surface area (Å²) in [5, 5.41) is 0. The smallest absolute Gasteiger partial charge is 0.225 e. The Morgan fingerprint density at radius 1 is 0.947 bits per heavy atom. The van der Waals surface area contributed by atoms with Gasteiger partial charge in [0, 0.05) is 6.16 Å². The van der Waals surface area contributed by atoms with Crippen molar-refractivity contribution in [2.45, 2.75) is 77.6 Å². The summed E-state index contributed by atoms with van der Waals surface area (Å²) in [6, 6.07) is 0. The molecule has 112 valence electrons. The molecule has 0 aromatic carbocycles. The Kier molecular flexibility index (Phi) is 9.55. The number of allylic oxidation sites excluding steroid dienone is 1. The highest BCUT2D eigenvalue weighted by Gasteiger charge is 2.21. The number of hydrogen-bond donors (Lipinski definition) is 0. The summed E-state index contributed by atoms with van der Waals surface area (Å²) < 4.78 is 17.5. The molecule has 0 spiro atoms. The third-order valence-corrected chi connectivity index (χ3v) is 5.91. The second-order valence-electron chi connectivity index (χ2n) is 5.64. The van der Waals surface area contributed by atoms with Crippen molar-refractivity contribution in [3.05, 3.63) is 11.9 Å². The van der Waals surface area contributed by atoms with Gasteiger partial charge in [-0.15, -0.1) is 0 Å². The van der Waals surface area contributed by atoms with Crippen molar-refractivity contribution in [2.24, 2.45) is 0 Å². The SMILES string of the molecule is CCCCCCCCCCCCOP1(=O)C=CCC1. The molecule has 0 aromatic heterocycles. The zero-order valence-corrected chi connectivity index (χ0v) is 13.5. The van der Waals surface area contributed by atoms with Gasteiger partial charge in [-0.2, -0.15) is 0 Å². The minimum atomic E-state index is -2.33. The highest BCUT2D eigenvalue weighted by molar-refractivity contribution is 7.62. The van der Waals surface area contributed by atoms with E-state index >= 15 is 0 Å². The van der Waals surface area contributed by atoms with Crippen LogP contribution in [0.3, 0.4) is 0 Å². The topological polar surface area (TPSA) is 26.3 Å². The van der Waals surface area contributed by atoms with Crippen LogP contribution in [0, 0.1) is 0 Å². The number of rotatable bonds is 12. The summed E-state index contributed by atoms with van der Waals surface area (Å²) in [6.07, 6.45) is 16.9. The van der Waals surface area contributed by atoms with E-state index in [9.17, 15) is 4.57 Å². The van der Waals surface area contributed by atoms with Crippen molar-refractivity contribution in [1.29, 1.82) is 0 Å². The van der Waals surface area contributed by atoms with E-state index in [4.69, 9.17) is 4.52 Å². The Morgan fingerprint density at radius 3 is 2.05 bits per heavy atom. The van der Waals surface area contributed by atoms with E-state index in [-0.39, 0.29) is 0 Å². The van der Waals surface area contributed by atoms with Gasteiger partial charge in [0.05, 0.1) is 6.61 Å². The molecule has 1 aliphatic heterocycles. The van der Waals surface area contributed by atoms with Crippen LogP contribution in [0.4, 0.5) is 0 Å². The molecular weight excluding hydrogens is 255 g/mol.